The Morgan fingerprint density at radius 3 is 2.67 bits per heavy atom. The van der Waals surface area contributed by atoms with Crippen molar-refractivity contribution >= 4 is 0 Å². The molecule has 0 radical (unpaired) electrons. The molecule has 2 heteroatoms. The molecular formula is C13H21NO. The number of hydrogen-bond donors (Lipinski definition) is 1. The summed E-state index contributed by atoms with van der Waals surface area (Å²) in [6.07, 6.45) is 1.04. The van der Waals surface area contributed by atoms with E-state index in [0.29, 0.717) is 0 Å². The second kappa shape index (κ2) is 5.89. The first-order valence-corrected chi connectivity index (χ1v) is 5.59. The van der Waals surface area contributed by atoms with E-state index in [4.69, 9.17) is 10.5 Å². The van der Waals surface area contributed by atoms with E-state index in [1.54, 1.807) is 0 Å². The number of nitrogens with two attached hydrogens (primary N) is 1. The van der Waals surface area contributed by atoms with E-state index in [9.17, 15) is 0 Å². The summed E-state index contributed by atoms with van der Waals surface area (Å²) >= 11 is 0. The van der Waals surface area contributed by atoms with Crippen LogP contribution in [-0.2, 0) is 4.74 Å². The topological polar surface area (TPSA) is 35.2 Å². The zero-order chi connectivity index (χ0) is 11.3. The Bertz CT molecular complexity index is 296. The summed E-state index contributed by atoms with van der Waals surface area (Å²) in [6.45, 7) is 6.94. The summed E-state index contributed by atoms with van der Waals surface area (Å²) in [7, 11) is 0. The van der Waals surface area contributed by atoms with Crippen LogP contribution >= 0.6 is 0 Å². The molecule has 0 aliphatic heterocycles. The number of benzene rings is 1. The van der Waals surface area contributed by atoms with Gasteiger partial charge in [0, 0.05) is 12.6 Å². The molecule has 1 rings (SSSR count). The van der Waals surface area contributed by atoms with Crippen LogP contribution in [0.5, 0.6) is 0 Å². The van der Waals surface area contributed by atoms with Crippen molar-refractivity contribution in [1.29, 1.82) is 0 Å². The van der Waals surface area contributed by atoms with E-state index in [-0.39, 0.29) is 12.1 Å². The lowest BCUT2D eigenvalue weighted by atomic mass is 10.0. The third-order valence-electron chi connectivity index (χ3n) is 2.35. The molecule has 2 unspecified atom stereocenters. The second-order valence-corrected chi connectivity index (χ2v) is 4.06. The van der Waals surface area contributed by atoms with Crippen molar-refractivity contribution in [1.82, 2.24) is 0 Å². The van der Waals surface area contributed by atoms with Crippen LogP contribution in [0.2, 0.25) is 0 Å². The van der Waals surface area contributed by atoms with Crippen molar-refractivity contribution in [3.8, 4) is 0 Å². The highest BCUT2D eigenvalue weighted by Crippen LogP contribution is 2.21. The largest absolute Gasteiger partial charge is 0.372 e. The molecule has 2 N–H and O–H groups in total. The third-order valence-corrected chi connectivity index (χ3v) is 2.35. The number of rotatable bonds is 5. The normalized spacial score (nSPS) is 14.9. The Morgan fingerprint density at radius 1 is 1.40 bits per heavy atom. The Balaban J connectivity index is 2.79. The smallest absolute Gasteiger partial charge is 0.0973 e. The van der Waals surface area contributed by atoms with E-state index in [1.165, 1.54) is 11.1 Å². The van der Waals surface area contributed by atoms with Crippen LogP contribution in [0.4, 0.5) is 0 Å². The van der Waals surface area contributed by atoms with Gasteiger partial charge in [0.15, 0.2) is 0 Å². The van der Waals surface area contributed by atoms with Crippen LogP contribution in [0.1, 0.15) is 37.5 Å². The van der Waals surface area contributed by atoms with E-state index >= 15 is 0 Å². The summed E-state index contributed by atoms with van der Waals surface area (Å²) < 4.78 is 5.77. The molecule has 15 heavy (non-hydrogen) atoms. The van der Waals surface area contributed by atoms with Crippen LogP contribution in [0.15, 0.2) is 24.3 Å². The third kappa shape index (κ3) is 3.65. The lowest BCUT2D eigenvalue weighted by Gasteiger charge is -2.22. The molecule has 84 valence electrons. The SMILES string of the molecule is CCCOC(c1cccc(C)c1)C(C)N. The Hall–Kier alpha value is -0.860. The van der Waals surface area contributed by atoms with Gasteiger partial charge in [-0.3, -0.25) is 0 Å². The lowest BCUT2D eigenvalue weighted by Crippen LogP contribution is -2.27. The molecular weight excluding hydrogens is 186 g/mol. The molecule has 1 aromatic carbocycles. The predicted molar refractivity (Wildman–Crippen MR) is 63.8 cm³/mol. The molecule has 2 atom stereocenters. The standard InChI is InChI=1S/C13H21NO/c1-4-8-15-13(11(3)14)12-7-5-6-10(2)9-12/h5-7,9,11,13H,4,8,14H2,1-3H3. The summed E-state index contributed by atoms with van der Waals surface area (Å²) in [6, 6.07) is 8.38. The van der Waals surface area contributed by atoms with E-state index in [1.807, 2.05) is 6.92 Å². The molecule has 0 aliphatic rings. The highest BCUT2D eigenvalue weighted by atomic mass is 16.5. The maximum Gasteiger partial charge on any atom is 0.0973 e. The average Bonchev–Trinajstić information content (AvgIpc) is 2.18. The molecule has 0 heterocycles. The van der Waals surface area contributed by atoms with Crippen LogP contribution in [0, 0.1) is 6.92 Å². The summed E-state index contributed by atoms with van der Waals surface area (Å²) in [5, 5.41) is 0. The molecule has 0 spiro atoms. The van der Waals surface area contributed by atoms with Gasteiger partial charge in [-0.1, -0.05) is 36.8 Å². The molecule has 0 bridgehead atoms. The first-order chi connectivity index (χ1) is 7.15. The Morgan fingerprint density at radius 2 is 2.13 bits per heavy atom. The molecule has 0 aromatic heterocycles. The van der Waals surface area contributed by atoms with Gasteiger partial charge in [0.25, 0.3) is 0 Å². The van der Waals surface area contributed by atoms with Crippen molar-refractivity contribution in [2.45, 2.75) is 39.3 Å². The van der Waals surface area contributed by atoms with Crippen LogP contribution in [0.3, 0.4) is 0 Å². The molecule has 2 nitrogen and oxygen atoms in total. The summed E-state index contributed by atoms with van der Waals surface area (Å²) in [5.41, 5.74) is 8.36. The van der Waals surface area contributed by atoms with Gasteiger partial charge < -0.3 is 10.5 Å². The van der Waals surface area contributed by atoms with Crippen molar-refractivity contribution < 1.29 is 4.74 Å². The quantitative estimate of drug-likeness (QED) is 0.805. The van der Waals surface area contributed by atoms with Gasteiger partial charge in [-0.25, -0.2) is 0 Å². The van der Waals surface area contributed by atoms with Crippen molar-refractivity contribution in [3.05, 3.63) is 35.4 Å². The van der Waals surface area contributed by atoms with E-state index in [2.05, 4.69) is 38.1 Å². The van der Waals surface area contributed by atoms with Crippen LogP contribution < -0.4 is 5.73 Å². The Labute approximate surface area is 92.4 Å². The highest BCUT2D eigenvalue weighted by Gasteiger charge is 2.16. The average molecular weight is 207 g/mol. The predicted octanol–water partition coefficient (Wildman–Crippen LogP) is 2.81. The van der Waals surface area contributed by atoms with Gasteiger partial charge in [0.1, 0.15) is 0 Å². The van der Waals surface area contributed by atoms with E-state index in [0.717, 1.165) is 13.0 Å². The molecule has 0 saturated heterocycles. The van der Waals surface area contributed by atoms with Crippen molar-refractivity contribution in [2.24, 2.45) is 5.73 Å². The van der Waals surface area contributed by atoms with Gasteiger partial charge in [-0.15, -0.1) is 0 Å². The number of hydrogen-bond acceptors (Lipinski definition) is 2. The minimum Gasteiger partial charge on any atom is -0.372 e. The number of aryl methyl sites for hydroxylation is 1. The van der Waals surface area contributed by atoms with Gasteiger partial charge in [-0.2, -0.15) is 0 Å². The first-order valence-electron chi connectivity index (χ1n) is 5.59. The maximum atomic E-state index is 5.93. The monoisotopic (exact) mass is 207 g/mol. The van der Waals surface area contributed by atoms with Crippen LogP contribution in [-0.4, -0.2) is 12.6 Å². The van der Waals surface area contributed by atoms with Gasteiger partial charge >= 0.3 is 0 Å². The Kier molecular flexibility index (Phi) is 4.79. The molecule has 0 aliphatic carbocycles. The fourth-order valence-corrected chi connectivity index (χ4v) is 1.64. The fourth-order valence-electron chi connectivity index (χ4n) is 1.64. The molecule has 1 aromatic rings. The maximum absolute atomic E-state index is 5.93. The van der Waals surface area contributed by atoms with Crippen molar-refractivity contribution in [2.75, 3.05) is 6.61 Å². The summed E-state index contributed by atoms with van der Waals surface area (Å²) in [5.74, 6) is 0. The lowest BCUT2D eigenvalue weighted by molar-refractivity contribution is 0.0387. The minimum absolute atomic E-state index is 0.0184. The second-order valence-electron chi connectivity index (χ2n) is 4.06. The minimum atomic E-state index is 0.0184. The molecule has 0 saturated carbocycles. The number of ether oxygens (including phenoxy) is 1. The molecule has 0 fully saturated rings. The zero-order valence-electron chi connectivity index (χ0n) is 9.86. The fraction of sp³-hybridized carbons (Fsp3) is 0.538. The molecule has 0 amide bonds. The van der Waals surface area contributed by atoms with E-state index < -0.39 is 0 Å². The highest BCUT2D eigenvalue weighted by molar-refractivity contribution is 5.25. The van der Waals surface area contributed by atoms with Crippen LogP contribution in [0.25, 0.3) is 0 Å². The summed E-state index contributed by atoms with van der Waals surface area (Å²) in [4.78, 5) is 0. The zero-order valence-corrected chi connectivity index (χ0v) is 9.86. The van der Waals surface area contributed by atoms with Gasteiger partial charge in [-0.05, 0) is 25.8 Å². The first kappa shape index (κ1) is 12.2. The van der Waals surface area contributed by atoms with Crippen molar-refractivity contribution in [3.63, 3.8) is 0 Å². The van der Waals surface area contributed by atoms with Gasteiger partial charge in [0.05, 0.1) is 6.10 Å². The van der Waals surface area contributed by atoms with Gasteiger partial charge in [0.2, 0.25) is 0 Å².